The number of hydrogen-bond acceptors (Lipinski definition) is 5. The van der Waals surface area contributed by atoms with Gasteiger partial charge in [-0.3, -0.25) is 19.4 Å². The highest BCUT2D eigenvalue weighted by Crippen LogP contribution is 2.37. The SMILES string of the molecule is Cc1ncccc1C(=O)N1CC[C@@H](O)[C@@]2(CCCNC2=O)C1.O=CO. The topological polar surface area (TPSA) is 120 Å². The zero-order valence-electron chi connectivity index (χ0n) is 14.1. The van der Waals surface area contributed by atoms with Crippen molar-refractivity contribution in [3.05, 3.63) is 29.6 Å². The molecule has 2 amide bonds. The summed E-state index contributed by atoms with van der Waals surface area (Å²) < 4.78 is 0. The van der Waals surface area contributed by atoms with E-state index in [1.165, 1.54) is 0 Å². The van der Waals surface area contributed by atoms with E-state index in [1.807, 2.05) is 0 Å². The number of aromatic nitrogens is 1. The second-order valence-electron chi connectivity index (χ2n) is 6.29. The van der Waals surface area contributed by atoms with Crippen molar-refractivity contribution in [1.29, 1.82) is 0 Å². The van der Waals surface area contributed by atoms with E-state index >= 15 is 0 Å². The molecular formula is C17H23N3O5. The molecule has 3 rings (SSSR count). The first-order valence-electron chi connectivity index (χ1n) is 8.21. The maximum atomic E-state index is 12.7. The lowest BCUT2D eigenvalue weighted by Crippen LogP contribution is -2.62. The molecule has 1 aromatic heterocycles. The van der Waals surface area contributed by atoms with E-state index in [-0.39, 0.29) is 24.8 Å². The highest BCUT2D eigenvalue weighted by molar-refractivity contribution is 5.96. The van der Waals surface area contributed by atoms with Crippen LogP contribution in [0.15, 0.2) is 18.3 Å². The first kappa shape index (κ1) is 18.9. The predicted molar refractivity (Wildman–Crippen MR) is 88.9 cm³/mol. The minimum absolute atomic E-state index is 0.116. The van der Waals surface area contributed by atoms with Gasteiger partial charge >= 0.3 is 0 Å². The van der Waals surface area contributed by atoms with Gasteiger partial charge in [-0.1, -0.05) is 0 Å². The fourth-order valence-electron chi connectivity index (χ4n) is 3.50. The summed E-state index contributed by atoms with van der Waals surface area (Å²) in [6.07, 6.45) is 2.85. The molecule has 2 fully saturated rings. The number of hydrogen-bond donors (Lipinski definition) is 3. The van der Waals surface area contributed by atoms with Crippen molar-refractivity contribution in [3.63, 3.8) is 0 Å². The number of pyridine rings is 1. The van der Waals surface area contributed by atoms with E-state index in [4.69, 9.17) is 9.90 Å². The molecule has 8 heteroatoms. The third kappa shape index (κ3) is 3.79. The number of rotatable bonds is 1. The number of nitrogens with one attached hydrogen (secondary N) is 1. The Hall–Kier alpha value is -2.48. The fourth-order valence-corrected chi connectivity index (χ4v) is 3.50. The van der Waals surface area contributed by atoms with E-state index in [2.05, 4.69) is 10.3 Å². The number of carboxylic acid groups (broad SMARTS) is 1. The van der Waals surface area contributed by atoms with Crippen molar-refractivity contribution in [2.75, 3.05) is 19.6 Å². The van der Waals surface area contributed by atoms with Gasteiger partial charge < -0.3 is 20.4 Å². The summed E-state index contributed by atoms with van der Waals surface area (Å²) in [6.45, 7) is 2.93. The average molecular weight is 349 g/mol. The zero-order valence-corrected chi connectivity index (χ0v) is 14.1. The highest BCUT2D eigenvalue weighted by atomic mass is 16.3. The van der Waals surface area contributed by atoms with Crippen molar-refractivity contribution in [2.24, 2.45) is 5.41 Å². The van der Waals surface area contributed by atoms with Crippen LogP contribution < -0.4 is 5.32 Å². The van der Waals surface area contributed by atoms with E-state index in [9.17, 15) is 14.7 Å². The van der Waals surface area contributed by atoms with Gasteiger partial charge in [-0.25, -0.2) is 0 Å². The summed E-state index contributed by atoms with van der Waals surface area (Å²) in [7, 11) is 0. The Morgan fingerprint density at radius 3 is 2.88 bits per heavy atom. The summed E-state index contributed by atoms with van der Waals surface area (Å²) in [5.41, 5.74) is 0.383. The summed E-state index contributed by atoms with van der Waals surface area (Å²) in [5, 5.41) is 20.1. The monoisotopic (exact) mass is 349 g/mol. The lowest BCUT2D eigenvalue weighted by atomic mass is 9.71. The maximum Gasteiger partial charge on any atom is 0.290 e. The van der Waals surface area contributed by atoms with Gasteiger partial charge in [0.05, 0.1) is 17.1 Å². The molecule has 0 bridgehead atoms. The van der Waals surface area contributed by atoms with Gasteiger partial charge in [0.15, 0.2) is 0 Å². The second-order valence-corrected chi connectivity index (χ2v) is 6.29. The number of nitrogens with zero attached hydrogens (tertiary/aromatic N) is 2. The molecule has 3 heterocycles. The van der Waals surface area contributed by atoms with Gasteiger partial charge in [-0.2, -0.15) is 0 Å². The number of amides is 2. The Morgan fingerprint density at radius 1 is 1.52 bits per heavy atom. The molecular weight excluding hydrogens is 326 g/mol. The Labute approximate surface area is 145 Å². The highest BCUT2D eigenvalue weighted by Gasteiger charge is 2.50. The van der Waals surface area contributed by atoms with Crippen LogP contribution in [0.25, 0.3) is 0 Å². The van der Waals surface area contributed by atoms with E-state index in [0.29, 0.717) is 37.2 Å². The molecule has 1 spiro atoms. The quantitative estimate of drug-likeness (QED) is 0.623. The van der Waals surface area contributed by atoms with Gasteiger partial charge in [0.25, 0.3) is 12.4 Å². The molecule has 2 aliphatic heterocycles. The van der Waals surface area contributed by atoms with Crippen molar-refractivity contribution < 1.29 is 24.6 Å². The zero-order chi connectivity index (χ0) is 18.4. The molecule has 2 saturated heterocycles. The number of aryl methyl sites for hydroxylation is 1. The number of aliphatic hydroxyl groups excluding tert-OH is 1. The van der Waals surface area contributed by atoms with Gasteiger partial charge in [-0.15, -0.1) is 0 Å². The van der Waals surface area contributed by atoms with Crippen LogP contribution in [0.2, 0.25) is 0 Å². The predicted octanol–water partition coefficient (Wildman–Crippen LogP) is 0.194. The fraction of sp³-hybridized carbons (Fsp3) is 0.529. The van der Waals surface area contributed by atoms with Crippen LogP contribution in [-0.4, -0.2) is 64.1 Å². The van der Waals surface area contributed by atoms with Crippen molar-refractivity contribution >= 4 is 18.3 Å². The number of aliphatic hydroxyl groups is 1. The third-order valence-electron chi connectivity index (χ3n) is 4.85. The molecule has 2 aliphatic rings. The van der Waals surface area contributed by atoms with Crippen molar-refractivity contribution in [3.8, 4) is 0 Å². The first-order valence-corrected chi connectivity index (χ1v) is 8.21. The van der Waals surface area contributed by atoms with Gasteiger partial charge in [0.1, 0.15) is 0 Å². The standard InChI is InChI=1S/C16H21N3O3.CH2O2/c1-11-12(4-2-7-17-11)14(21)19-9-5-13(20)16(10-19)6-3-8-18-15(16)22;2-1-3/h2,4,7,13,20H,3,5-6,8-10H2,1H3,(H,18,22);1H,(H,2,3)/t13-,16-;/m1./s1. The number of likely N-dealkylation sites (tertiary alicyclic amines) is 1. The van der Waals surface area contributed by atoms with Crippen LogP contribution in [-0.2, 0) is 9.59 Å². The molecule has 0 saturated carbocycles. The van der Waals surface area contributed by atoms with Crippen LogP contribution in [0.3, 0.4) is 0 Å². The summed E-state index contributed by atoms with van der Waals surface area (Å²) in [4.78, 5) is 39.3. The number of carbonyl (C=O) groups excluding carboxylic acids is 2. The van der Waals surface area contributed by atoms with E-state index in [1.54, 1.807) is 30.2 Å². The molecule has 136 valence electrons. The molecule has 2 atom stereocenters. The smallest absolute Gasteiger partial charge is 0.290 e. The van der Waals surface area contributed by atoms with Gasteiger partial charge in [-0.05, 0) is 38.3 Å². The summed E-state index contributed by atoms with van der Waals surface area (Å²) >= 11 is 0. The Bertz CT molecular complexity index is 651. The van der Waals surface area contributed by atoms with Crippen LogP contribution in [0.1, 0.15) is 35.3 Å². The molecule has 8 nitrogen and oxygen atoms in total. The van der Waals surface area contributed by atoms with Crippen LogP contribution >= 0.6 is 0 Å². The third-order valence-corrected chi connectivity index (χ3v) is 4.85. The lowest BCUT2D eigenvalue weighted by molar-refractivity contribution is -0.147. The minimum Gasteiger partial charge on any atom is -0.483 e. The lowest BCUT2D eigenvalue weighted by Gasteiger charge is -2.46. The number of piperidine rings is 2. The first-order chi connectivity index (χ1) is 12.0. The van der Waals surface area contributed by atoms with Gasteiger partial charge in [0.2, 0.25) is 5.91 Å². The van der Waals surface area contributed by atoms with Gasteiger partial charge in [0, 0.05) is 31.5 Å². The van der Waals surface area contributed by atoms with Crippen molar-refractivity contribution in [1.82, 2.24) is 15.2 Å². The van der Waals surface area contributed by atoms with Crippen LogP contribution in [0.5, 0.6) is 0 Å². The molecule has 3 N–H and O–H groups in total. The molecule has 0 unspecified atom stereocenters. The Morgan fingerprint density at radius 2 is 2.24 bits per heavy atom. The summed E-state index contributed by atoms with van der Waals surface area (Å²) in [5.74, 6) is -0.248. The largest absolute Gasteiger partial charge is 0.483 e. The molecule has 0 aromatic carbocycles. The minimum atomic E-state index is -0.859. The van der Waals surface area contributed by atoms with E-state index < -0.39 is 11.5 Å². The molecule has 1 aromatic rings. The maximum absolute atomic E-state index is 12.7. The van der Waals surface area contributed by atoms with E-state index in [0.717, 1.165) is 6.42 Å². The Kier molecular flexibility index (Phi) is 6.08. The second kappa shape index (κ2) is 8.06. The Balaban J connectivity index is 0.000000701. The summed E-state index contributed by atoms with van der Waals surface area (Å²) in [6, 6.07) is 3.49. The normalized spacial score (nSPS) is 25.6. The molecule has 25 heavy (non-hydrogen) atoms. The van der Waals surface area contributed by atoms with Crippen molar-refractivity contribution in [2.45, 2.75) is 32.3 Å². The number of carbonyl (C=O) groups is 3. The average Bonchev–Trinajstić information content (AvgIpc) is 2.60. The molecule has 0 aliphatic carbocycles. The van der Waals surface area contributed by atoms with Crippen LogP contribution in [0.4, 0.5) is 0 Å². The van der Waals surface area contributed by atoms with Crippen LogP contribution in [0, 0.1) is 12.3 Å². The molecule has 0 radical (unpaired) electrons.